The molecule has 1 aromatic heterocycles. The summed E-state index contributed by atoms with van der Waals surface area (Å²) in [6.45, 7) is 1.93. The Kier molecular flexibility index (Phi) is 3.21. The van der Waals surface area contributed by atoms with E-state index in [-0.39, 0.29) is 0 Å². The maximum Gasteiger partial charge on any atom is 0.256 e. The molecule has 0 bridgehead atoms. The topological polar surface area (TPSA) is 33.2 Å². The van der Waals surface area contributed by atoms with Crippen molar-refractivity contribution in [1.29, 1.82) is 0 Å². The molecule has 2 heterocycles. The Balaban J connectivity index is 2.29. The Hall–Kier alpha value is -1.09. The van der Waals surface area contributed by atoms with Crippen molar-refractivity contribution in [3.05, 3.63) is 23.9 Å². The van der Waals surface area contributed by atoms with Crippen LogP contribution in [0.5, 0.6) is 0 Å². The minimum absolute atomic E-state index is 0.427. The number of nitrogens with zero attached hydrogens (tertiary/aromatic N) is 2. The molecular formula is C11H13ClN2O. The minimum atomic E-state index is -0.427. The van der Waals surface area contributed by atoms with Crippen LogP contribution < -0.4 is 4.90 Å². The van der Waals surface area contributed by atoms with Crippen LogP contribution in [0.4, 0.5) is 5.82 Å². The number of rotatable bonds is 2. The molecular weight excluding hydrogens is 212 g/mol. The van der Waals surface area contributed by atoms with Crippen LogP contribution in [0.2, 0.25) is 0 Å². The largest absolute Gasteiger partial charge is 0.356 e. The van der Waals surface area contributed by atoms with Gasteiger partial charge < -0.3 is 4.90 Å². The lowest BCUT2D eigenvalue weighted by molar-refractivity contribution is 0.108. The van der Waals surface area contributed by atoms with Crippen molar-refractivity contribution in [2.24, 2.45) is 0 Å². The molecule has 15 heavy (non-hydrogen) atoms. The quantitative estimate of drug-likeness (QED) is 0.724. The smallest absolute Gasteiger partial charge is 0.256 e. The van der Waals surface area contributed by atoms with Gasteiger partial charge in [-0.1, -0.05) is 0 Å². The number of hydrogen-bond donors (Lipinski definition) is 0. The second-order valence-corrected chi connectivity index (χ2v) is 4.04. The number of pyridine rings is 1. The van der Waals surface area contributed by atoms with Crippen molar-refractivity contribution in [3.63, 3.8) is 0 Å². The van der Waals surface area contributed by atoms with E-state index in [9.17, 15) is 4.79 Å². The van der Waals surface area contributed by atoms with Gasteiger partial charge in [-0.05, 0) is 43.0 Å². The van der Waals surface area contributed by atoms with Crippen LogP contribution in [0.3, 0.4) is 0 Å². The molecule has 0 N–H and O–H groups in total. The molecule has 0 spiro atoms. The van der Waals surface area contributed by atoms with Gasteiger partial charge in [0.1, 0.15) is 5.82 Å². The van der Waals surface area contributed by atoms with Gasteiger partial charge in [-0.25, -0.2) is 4.98 Å². The Labute approximate surface area is 94.1 Å². The monoisotopic (exact) mass is 224 g/mol. The minimum Gasteiger partial charge on any atom is -0.356 e. The van der Waals surface area contributed by atoms with Crippen molar-refractivity contribution in [3.8, 4) is 0 Å². The molecule has 0 amide bonds. The highest BCUT2D eigenvalue weighted by atomic mass is 35.5. The zero-order valence-electron chi connectivity index (χ0n) is 8.45. The fraction of sp³-hybridized carbons (Fsp3) is 0.455. The molecule has 0 aliphatic carbocycles. The first-order chi connectivity index (χ1) is 7.29. The van der Waals surface area contributed by atoms with Crippen LogP contribution in [0.1, 0.15) is 29.6 Å². The van der Waals surface area contributed by atoms with Gasteiger partial charge in [0, 0.05) is 19.3 Å². The summed E-state index contributed by atoms with van der Waals surface area (Å²) in [5.74, 6) is 0.734. The zero-order chi connectivity index (χ0) is 10.7. The van der Waals surface area contributed by atoms with Crippen LogP contribution in [0, 0.1) is 0 Å². The first kappa shape index (κ1) is 10.4. The second kappa shape index (κ2) is 4.62. The van der Waals surface area contributed by atoms with Crippen LogP contribution in [0.15, 0.2) is 18.3 Å². The summed E-state index contributed by atoms with van der Waals surface area (Å²) in [5.41, 5.74) is 0.515. The summed E-state index contributed by atoms with van der Waals surface area (Å²) >= 11 is 5.52. The molecule has 1 aromatic rings. The summed E-state index contributed by atoms with van der Waals surface area (Å²) in [6.07, 6.45) is 5.28. The van der Waals surface area contributed by atoms with Gasteiger partial charge in [-0.3, -0.25) is 4.79 Å². The van der Waals surface area contributed by atoms with E-state index < -0.39 is 5.24 Å². The second-order valence-electron chi connectivity index (χ2n) is 3.70. The third-order valence-corrected chi connectivity index (χ3v) is 2.86. The van der Waals surface area contributed by atoms with Crippen molar-refractivity contribution in [1.82, 2.24) is 4.98 Å². The van der Waals surface area contributed by atoms with E-state index in [0.717, 1.165) is 31.7 Å². The number of aromatic nitrogens is 1. The number of carbonyl (C=O) groups is 1. The predicted octanol–water partition coefficient (Wildman–Crippen LogP) is 2.45. The van der Waals surface area contributed by atoms with E-state index in [2.05, 4.69) is 9.88 Å². The van der Waals surface area contributed by atoms with E-state index in [0.29, 0.717) is 5.56 Å². The highest BCUT2D eigenvalue weighted by Gasteiger charge is 2.17. The SMILES string of the molecule is O=C(Cl)c1cccnc1N1CCCCC1. The van der Waals surface area contributed by atoms with Gasteiger partial charge in [0.2, 0.25) is 0 Å². The third kappa shape index (κ3) is 2.29. The van der Waals surface area contributed by atoms with E-state index >= 15 is 0 Å². The van der Waals surface area contributed by atoms with Gasteiger partial charge in [-0.15, -0.1) is 0 Å². The molecule has 2 rings (SSSR count). The molecule has 1 aliphatic rings. The number of halogens is 1. The first-order valence-electron chi connectivity index (χ1n) is 5.19. The Morgan fingerprint density at radius 2 is 2.07 bits per heavy atom. The average molecular weight is 225 g/mol. The van der Waals surface area contributed by atoms with Crippen molar-refractivity contribution < 1.29 is 4.79 Å². The lowest BCUT2D eigenvalue weighted by Crippen LogP contribution is -2.31. The van der Waals surface area contributed by atoms with Crippen LogP contribution in [-0.4, -0.2) is 23.3 Å². The molecule has 0 unspecified atom stereocenters. The van der Waals surface area contributed by atoms with Gasteiger partial charge in [-0.2, -0.15) is 0 Å². The number of anilines is 1. The van der Waals surface area contributed by atoms with Gasteiger partial charge in [0.05, 0.1) is 5.56 Å². The lowest BCUT2D eigenvalue weighted by atomic mass is 10.1. The summed E-state index contributed by atoms with van der Waals surface area (Å²) < 4.78 is 0. The predicted molar refractivity (Wildman–Crippen MR) is 60.5 cm³/mol. The first-order valence-corrected chi connectivity index (χ1v) is 5.56. The number of hydrogen-bond acceptors (Lipinski definition) is 3. The van der Waals surface area contributed by atoms with Crippen LogP contribution >= 0.6 is 11.6 Å². The number of piperidine rings is 1. The van der Waals surface area contributed by atoms with Crippen molar-refractivity contribution in [2.75, 3.05) is 18.0 Å². The molecule has 1 aliphatic heterocycles. The summed E-state index contributed by atoms with van der Waals surface area (Å²) in [5, 5.41) is -0.427. The fourth-order valence-electron chi connectivity index (χ4n) is 1.91. The molecule has 0 atom stereocenters. The average Bonchev–Trinajstić information content (AvgIpc) is 2.30. The molecule has 0 aromatic carbocycles. The molecule has 1 saturated heterocycles. The molecule has 0 radical (unpaired) electrons. The maximum atomic E-state index is 11.2. The maximum absolute atomic E-state index is 11.2. The van der Waals surface area contributed by atoms with Gasteiger partial charge in [0.25, 0.3) is 5.24 Å². The summed E-state index contributed by atoms with van der Waals surface area (Å²) in [4.78, 5) is 17.6. The summed E-state index contributed by atoms with van der Waals surface area (Å²) in [6, 6.07) is 3.47. The summed E-state index contributed by atoms with van der Waals surface area (Å²) in [7, 11) is 0. The van der Waals surface area contributed by atoms with Crippen LogP contribution in [0.25, 0.3) is 0 Å². The van der Waals surface area contributed by atoms with Crippen molar-refractivity contribution in [2.45, 2.75) is 19.3 Å². The van der Waals surface area contributed by atoms with Crippen molar-refractivity contribution >= 4 is 22.7 Å². The van der Waals surface area contributed by atoms with E-state index in [4.69, 9.17) is 11.6 Å². The van der Waals surface area contributed by atoms with Gasteiger partial charge in [0.15, 0.2) is 0 Å². The molecule has 80 valence electrons. The number of carbonyl (C=O) groups excluding carboxylic acids is 1. The third-order valence-electron chi connectivity index (χ3n) is 2.65. The standard InChI is InChI=1S/C11H13ClN2O/c12-10(15)9-5-4-6-13-11(9)14-7-2-1-3-8-14/h4-6H,1-3,7-8H2. The Bertz CT molecular complexity index is 361. The Morgan fingerprint density at radius 1 is 1.33 bits per heavy atom. The fourth-order valence-corrected chi connectivity index (χ4v) is 2.06. The van der Waals surface area contributed by atoms with E-state index in [1.807, 2.05) is 0 Å². The highest BCUT2D eigenvalue weighted by molar-refractivity contribution is 6.68. The zero-order valence-corrected chi connectivity index (χ0v) is 9.20. The van der Waals surface area contributed by atoms with E-state index in [1.165, 1.54) is 6.42 Å². The highest BCUT2D eigenvalue weighted by Crippen LogP contribution is 2.22. The van der Waals surface area contributed by atoms with Gasteiger partial charge >= 0.3 is 0 Å². The normalized spacial score (nSPS) is 16.5. The lowest BCUT2D eigenvalue weighted by Gasteiger charge is -2.28. The molecule has 3 nitrogen and oxygen atoms in total. The van der Waals surface area contributed by atoms with E-state index in [1.54, 1.807) is 18.3 Å². The van der Waals surface area contributed by atoms with Crippen LogP contribution in [-0.2, 0) is 0 Å². The Morgan fingerprint density at radius 3 is 2.73 bits per heavy atom. The molecule has 4 heteroatoms. The molecule has 1 fully saturated rings. The molecule has 0 saturated carbocycles.